The molecule has 6 aromatic rings. The molecule has 6 aromatic carbocycles. The minimum Gasteiger partial charge on any atom is -0.310 e. The van der Waals surface area contributed by atoms with Crippen LogP contribution in [0.4, 0.5) is 22.7 Å². The van der Waals surface area contributed by atoms with Crippen LogP contribution < -0.4 is 4.90 Å². The van der Waals surface area contributed by atoms with E-state index in [4.69, 9.17) is 4.99 Å². The van der Waals surface area contributed by atoms with Crippen molar-refractivity contribution in [2.45, 2.75) is 0 Å². The van der Waals surface area contributed by atoms with Crippen molar-refractivity contribution in [2.75, 3.05) is 4.90 Å². The molecule has 6 rings (SSSR count). The second-order valence-corrected chi connectivity index (χ2v) is 9.35. The van der Waals surface area contributed by atoms with Crippen LogP contribution in [0.3, 0.4) is 0 Å². The summed E-state index contributed by atoms with van der Waals surface area (Å²) in [7, 11) is 0. The summed E-state index contributed by atoms with van der Waals surface area (Å²) in [6.07, 6.45) is 6.17. The SMILES string of the molecule is C(=Nc1ccccc1/C=C/c1ccccc1)c1ccc(N(c2ccccc2)c2ccc3ccccc3c2)cc1. The van der Waals surface area contributed by atoms with Gasteiger partial charge in [-0.05, 0) is 64.4 Å². The lowest BCUT2D eigenvalue weighted by Gasteiger charge is -2.26. The Morgan fingerprint density at radius 1 is 0.436 bits per heavy atom. The van der Waals surface area contributed by atoms with E-state index in [1.165, 1.54) is 16.3 Å². The van der Waals surface area contributed by atoms with Gasteiger partial charge in [0.05, 0.1) is 5.69 Å². The van der Waals surface area contributed by atoms with Crippen molar-refractivity contribution in [3.63, 3.8) is 0 Å². The lowest BCUT2D eigenvalue weighted by atomic mass is 10.1. The first-order valence-corrected chi connectivity index (χ1v) is 13.1. The Bertz CT molecular complexity index is 1730. The summed E-state index contributed by atoms with van der Waals surface area (Å²) in [5.74, 6) is 0. The Hall–Kier alpha value is -5.21. The molecule has 0 amide bonds. The lowest BCUT2D eigenvalue weighted by molar-refractivity contribution is 1.29. The molecule has 0 fully saturated rings. The van der Waals surface area contributed by atoms with Gasteiger partial charge in [0.2, 0.25) is 0 Å². The topological polar surface area (TPSA) is 15.6 Å². The van der Waals surface area contributed by atoms with E-state index in [9.17, 15) is 0 Å². The number of hydrogen-bond donors (Lipinski definition) is 0. The fourth-order valence-corrected chi connectivity index (χ4v) is 4.69. The summed E-state index contributed by atoms with van der Waals surface area (Å²) >= 11 is 0. The fraction of sp³-hybridized carbons (Fsp3) is 0. The van der Waals surface area contributed by atoms with E-state index < -0.39 is 0 Å². The van der Waals surface area contributed by atoms with Crippen LogP contribution in [-0.4, -0.2) is 6.21 Å². The van der Waals surface area contributed by atoms with Gasteiger partial charge in [0.1, 0.15) is 0 Å². The van der Waals surface area contributed by atoms with Crippen molar-refractivity contribution >= 4 is 51.9 Å². The molecule has 2 heteroatoms. The van der Waals surface area contributed by atoms with Gasteiger partial charge in [0.15, 0.2) is 0 Å². The first-order valence-electron chi connectivity index (χ1n) is 13.1. The minimum absolute atomic E-state index is 0.941. The van der Waals surface area contributed by atoms with E-state index in [0.29, 0.717) is 0 Å². The van der Waals surface area contributed by atoms with E-state index >= 15 is 0 Å². The average Bonchev–Trinajstić information content (AvgIpc) is 3.01. The van der Waals surface area contributed by atoms with Crippen LogP contribution in [0.15, 0.2) is 157 Å². The third-order valence-electron chi connectivity index (χ3n) is 6.70. The molecule has 0 aliphatic rings. The largest absolute Gasteiger partial charge is 0.310 e. The van der Waals surface area contributed by atoms with Gasteiger partial charge >= 0.3 is 0 Å². The Morgan fingerprint density at radius 2 is 1.05 bits per heavy atom. The molecule has 0 spiro atoms. The average molecular weight is 501 g/mol. The number of anilines is 3. The zero-order chi connectivity index (χ0) is 26.3. The lowest BCUT2D eigenvalue weighted by Crippen LogP contribution is -2.09. The second kappa shape index (κ2) is 11.5. The number of hydrogen-bond acceptors (Lipinski definition) is 2. The van der Waals surface area contributed by atoms with Crippen molar-refractivity contribution in [1.29, 1.82) is 0 Å². The highest BCUT2D eigenvalue weighted by Gasteiger charge is 2.12. The van der Waals surface area contributed by atoms with Crippen LogP contribution in [0.5, 0.6) is 0 Å². The van der Waals surface area contributed by atoms with Gasteiger partial charge in [-0.15, -0.1) is 0 Å². The van der Waals surface area contributed by atoms with E-state index in [-0.39, 0.29) is 0 Å². The molecule has 186 valence electrons. The van der Waals surface area contributed by atoms with Crippen LogP contribution in [0.25, 0.3) is 22.9 Å². The molecule has 0 saturated heterocycles. The van der Waals surface area contributed by atoms with Crippen LogP contribution in [0, 0.1) is 0 Å². The fourth-order valence-electron chi connectivity index (χ4n) is 4.69. The van der Waals surface area contributed by atoms with Crippen LogP contribution in [0.2, 0.25) is 0 Å². The smallest absolute Gasteiger partial charge is 0.0702 e. The monoisotopic (exact) mass is 500 g/mol. The van der Waals surface area contributed by atoms with Gasteiger partial charge in [-0.3, -0.25) is 4.99 Å². The number of para-hydroxylation sites is 2. The minimum atomic E-state index is 0.941. The summed E-state index contributed by atoms with van der Waals surface area (Å²) < 4.78 is 0. The summed E-state index contributed by atoms with van der Waals surface area (Å²) in [4.78, 5) is 7.11. The summed E-state index contributed by atoms with van der Waals surface area (Å²) in [5, 5.41) is 2.46. The molecule has 0 unspecified atom stereocenters. The molecule has 39 heavy (non-hydrogen) atoms. The quantitative estimate of drug-likeness (QED) is 0.157. The van der Waals surface area contributed by atoms with Gasteiger partial charge in [-0.2, -0.15) is 0 Å². The predicted octanol–water partition coefficient (Wildman–Crippen LogP) is 10.2. The third kappa shape index (κ3) is 5.71. The maximum atomic E-state index is 4.82. The number of fused-ring (bicyclic) bond motifs is 1. The molecular weight excluding hydrogens is 472 g/mol. The van der Waals surface area contributed by atoms with Gasteiger partial charge in [0, 0.05) is 28.8 Å². The molecule has 0 aromatic heterocycles. The second-order valence-electron chi connectivity index (χ2n) is 9.35. The maximum Gasteiger partial charge on any atom is 0.0702 e. The summed E-state index contributed by atoms with van der Waals surface area (Å²) in [5.41, 5.74) is 7.58. The van der Waals surface area contributed by atoms with E-state index in [0.717, 1.165) is 33.9 Å². The number of aliphatic imine (C=N–C) groups is 1. The highest BCUT2D eigenvalue weighted by atomic mass is 15.1. The van der Waals surface area contributed by atoms with Crippen LogP contribution in [0.1, 0.15) is 16.7 Å². The first kappa shape index (κ1) is 24.1. The molecule has 0 aliphatic carbocycles. The normalized spacial score (nSPS) is 11.4. The highest BCUT2D eigenvalue weighted by Crippen LogP contribution is 2.36. The van der Waals surface area contributed by atoms with Crippen molar-refractivity contribution in [3.05, 3.63) is 168 Å². The Labute approximate surface area is 229 Å². The molecule has 0 N–H and O–H groups in total. The first-order chi connectivity index (χ1) is 19.3. The zero-order valence-electron chi connectivity index (χ0n) is 21.6. The number of benzene rings is 6. The molecule has 0 heterocycles. The summed E-state index contributed by atoms with van der Waals surface area (Å²) in [6.45, 7) is 0. The van der Waals surface area contributed by atoms with Gasteiger partial charge in [-0.25, -0.2) is 0 Å². The molecule has 0 saturated carbocycles. The van der Waals surface area contributed by atoms with Crippen molar-refractivity contribution in [2.24, 2.45) is 4.99 Å². The summed E-state index contributed by atoms with van der Waals surface area (Å²) in [6, 6.07) is 52.7. The molecule has 0 atom stereocenters. The molecule has 0 radical (unpaired) electrons. The molecule has 0 aliphatic heterocycles. The number of rotatable bonds is 7. The predicted molar refractivity (Wildman–Crippen MR) is 168 cm³/mol. The zero-order valence-corrected chi connectivity index (χ0v) is 21.6. The van der Waals surface area contributed by atoms with Gasteiger partial charge in [0.25, 0.3) is 0 Å². The Morgan fingerprint density at radius 3 is 1.85 bits per heavy atom. The van der Waals surface area contributed by atoms with Crippen LogP contribution in [-0.2, 0) is 0 Å². The standard InChI is InChI=1S/C37H28N2/c1-3-11-29(12-4-1)19-22-32-14-9-10-18-37(32)38-28-30-20-24-35(25-21-30)39(34-16-5-2-6-17-34)36-26-23-31-13-7-8-15-33(31)27-36/h1-28H/b22-19+,38-28?. The molecule has 2 nitrogen and oxygen atoms in total. The highest BCUT2D eigenvalue weighted by molar-refractivity contribution is 5.90. The third-order valence-corrected chi connectivity index (χ3v) is 6.70. The molecular formula is C37H28N2. The number of nitrogens with zero attached hydrogens (tertiary/aromatic N) is 2. The van der Waals surface area contributed by atoms with Crippen molar-refractivity contribution in [1.82, 2.24) is 0 Å². The van der Waals surface area contributed by atoms with Crippen LogP contribution >= 0.6 is 0 Å². The Balaban J connectivity index is 1.28. The maximum absolute atomic E-state index is 4.82. The van der Waals surface area contributed by atoms with Gasteiger partial charge in [-0.1, -0.05) is 121 Å². The van der Waals surface area contributed by atoms with E-state index in [2.05, 4.69) is 132 Å². The van der Waals surface area contributed by atoms with Crippen molar-refractivity contribution < 1.29 is 0 Å². The van der Waals surface area contributed by atoms with E-state index in [1.807, 2.05) is 42.6 Å². The Kier molecular flexibility index (Phi) is 7.09. The van der Waals surface area contributed by atoms with E-state index in [1.54, 1.807) is 0 Å². The van der Waals surface area contributed by atoms with Crippen molar-refractivity contribution in [3.8, 4) is 0 Å². The molecule has 0 bridgehead atoms. The van der Waals surface area contributed by atoms with Gasteiger partial charge < -0.3 is 4.90 Å².